The Bertz CT molecular complexity index is 483. The van der Waals surface area contributed by atoms with E-state index < -0.39 is 11.9 Å². The summed E-state index contributed by atoms with van der Waals surface area (Å²) in [4.78, 5) is 22.3. The number of carbonyl (C=O) groups excluding carboxylic acids is 2. The zero-order valence-electron chi connectivity index (χ0n) is 9.48. The number of halogens is 2. The zero-order chi connectivity index (χ0) is 13.5. The van der Waals surface area contributed by atoms with Crippen LogP contribution in [0.4, 0.5) is 0 Å². The maximum Gasteiger partial charge on any atom is 0.336 e. The maximum atomic E-state index is 11.4. The average molecular weight is 289 g/mol. The molecule has 4 nitrogen and oxygen atoms in total. The Kier molecular flexibility index (Phi) is 5.68. The first-order valence-corrected chi connectivity index (χ1v) is 5.80. The normalized spacial score (nSPS) is 10.4. The Labute approximate surface area is 114 Å². The smallest absolute Gasteiger partial charge is 0.336 e. The second kappa shape index (κ2) is 7.03. The molecule has 0 saturated heterocycles. The van der Waals surface area contributed by atoms with Gasteiger partial charge in [0.2, 0.25) is 0 Å². The zero-order valence-corrected chi connectivity index (χ0v) is 11.0. The Hall–Kier alpha value is -1.52. The first-order valence-electron chi connectivity index (χ1n) is 5.04. The topological polar surface area (TPSA) is 52.6 Å². The Morgan fingerprint density at radius 3 is 2.56 bits per heavy atom. The van der Waals surface area contributed by atoms with E-state index in [1.165, 1.54) is 12.1 Å². The van der Waals surface area contributed by atoms with Crippen molar-refractivity contribution in [2.75, 3.05) is 6.61 Å². The van der Waals surface area contributed by atoms with Gasteiger partial charge in [0.15, 0.2) is 5.75 Å². The molecule has 0 atom stereocenters. The highest BCUT2D eigenvalue weighted by Gasteiger charge is 2.07. The van der Waals surface area contributed by atoms with E-state index in [0.29, 0.717) is 5.02 Å². The van der Waals surface area contributed by atoms with Gasteiger partial charge in [-0.1, -0.05) is 23.2 Å². The third-order valence-corrected chi connectivity index (χ3v) is 2.29. The highest BCUT2D eigenvalue weighted by molar-refractivity contribution is 6.34. The summed E-state index contributed by atoms with van der Waals surface area (Å²) in [7, 11) is 0. The molecule has 1 aromatic carbocycles. The third kappa shape index (κ3) is 4.77. The molecule has 0 bridgehead atoms. The summed E-state index contributed by atoms with van der Waals surface area (Å²) in [5.41, 5.74) is 0. The van der Waals surface area contributed by atoms with Crippen molar-refractivity contribution in [1.82, 2.24) is 0 Å². The largest absolute Gasteiger partial charge is 0.463 e. The van der Waals surface area contributed by atoms with E-state index in [1.54, 1.807) is 13.0 Å². The van der Waals surface area contributed by atoms with Gasteiger partial charge < -0.3 is 9.47 Å². The molecule has 0 N–H and O–H groups in total. The van der Waals surface area contributed by atoms with Crippen molar-refractivity contribution < 1.29 is 19.1 Å². The molecular formula is C12H10Cl2O4. The maximum absolute atomic E-state index is 11.4. The molecule has 0 aliphatic rings. The fourth-order valence-electron chi connectivity index (χ4n) is 1.02. The predicted octanol–water partition coefficient (Wildman–Crippen LogP) is 3.02. The Morgan fingerprint density at radius 2 is 1.89 bits per heavy atom. The van der Waals surface area contributed by atoms with Crippen LogP contribution in [0.5, 0.6) is 5.75 Å². The summed E-state index contributed by atoms with van der Waals surface area (Å²) in [6, 6.07) is 4.47. The Morgan fingerprint density at radius 1 is 1.22 bits per heavy atom. The molecule has 0 aliphatic heterocycles. The van der Waals surface area contributed by atoms with E-state index in [9.17, 15) is 9.59 Å². The van der Waals surface area contributed by atoms with E-state index in [2.05, 4.69) is 4.74 Å². The highest BCUT2D eigenvalue weighted by atomic mass is 35.5. The molecule has 0 amide bonds. The number of carbonyl (C=O) groups is 2. The first kappa shape index (κ1) is 14.5. The van der Waals surface area contributed by atoms with Gasteiger partial charge in [-0.2, -0.15) is 0 Å². The fraction of sp³-hybridized carbons (Fsp3) is 0.167. The van der Waals surface area contributed by atoms with Crippen LogP contribution in [-0.2, 0) is 14.3 Å². The van der Waals surface area contributed by atoms with Crippen LogP contribution in [0.25, 0.3) is 0 Å². The second-order valence-corrected chi connectivity index (χ2v) is 3.92. The molecule has 0 aromatic heterocycles. The van der Waals surface area contributed by atoms with Crippen LogP contribution < -0.4 is 4.74 Å². The number of hydrogen-bond donors (Lipinski definition) is 0. The van der Waals surface area contributed by atoms with E-state index >= 15 is 0 Å². The van der Waals surface area contributed by atoms with Crippen molar-refractivity contribution in [3.05, 3.63) is 40.4 Å². The van der Waals surface area contributed by atoms with E-state index in [4.69, 9.17) is 27.9 Å². The van der Waals surface area contributed by atoms with Gasteiger partial charge in [0.25, 0.3) is 0 Å². The lowest BCUT2D eigenvalue weighted by Crippen LogP contribution is -2.06. The van der Waals surface area contributed by atoms with Gasteiger partial charge in [0.1, 0.15) is 0 Å². The minimum absolute atomic E-state index is 0.127. The van der Waals surface area contributed by atoms with Crippen LogP contribution in [0.15, 0.2) is 30.4 Å². The number of ether oxygens (including phenoxy) is 2. The van der Waals surface area contributed by atoms with Crippen molar-refractivity contribution in [3.8, 4) is 5.75 Å². The van der Waals surface area contributed by atoms with Crippen LogP contribution in [0, 0.1) is 0 Å². The molecule has 1 rings (SSSR count). The van der Waals surface area contributed by atoms with Gasteiger partial charge >= 0.3 is 11.9 Å². The minimum atomic E-state index is -0.743. The molecule has 0 saturated carbocycles. The summed E-state index contributed by atoms with van der Waals surface area (Å²) in [5, 5.41) is 0.633. The summed E-state index contributed by atoms with van der Waals surface area (Å²) in [6.45, 7) is 1.90. The molecule has 18 heavy (non-hydrogen) atoms. The van der Waals surface area contributed by atoms with Crippen molar-refractivity contribution >= 4 is 35.1 Å². The van der Waals surface area contributed by atoms with E-state index in [1.807, 2.05) is 0 Å². The van der Waals surface area contributed by atoms with Crippen molar-refractivity contribution in [1.29, 1.82) is 0 Å². The SMILES string of the molecule is CCOC(=O)/C=C/C(=O)Oc1cc(Cl)ccc1Cl. The van der Waals surface area contributed by atoms with Crippen LogP contribution in [0.2, 0.25) is 10.0 Å². The van der Waals surface area contributed by atoms with Gasteiger partial charge in [-0.05, 0) is 19.1 Å². The molecule has 1 aromatic rings. The fourth-order valence-corrected chi connectivity index (χ4v) is 1.34. The first-order chi connectivity index (χ1) is 8.52. The second-order valence-electron chi connectivity index (χ2n) is 3.08. The van der Waals surface area contributed by atoms with E-state index in [0.717, 1.165) is 12.2 Å². The third-order valence-electron chi connectivity index (χ3n) is 1.75. The standard InChI is InChI=1S/C12H10Cl2O4/c1-2-17-11(15)5-6-12(16)18-10-7-8(13)3-4-9(10)14/h3-7H,2H2,1H3/b6-5+. The summed E-state index contributed by atoms with van der Waals surface area (Å²) < 4.78 is 9.51. The summed E-state index contributed by atoms with van der Waals surface area (Å²) in [6.07, 6.45) is 1.93. The number of benzene rings is 1. The van der Waals surface area contributed by atoms with Gasteiger partial charge in [0.05, 0.1) is 11.6 Å². The van der Waals surface area contributed by atoms with Crippen molar-refractivity contribution in [3.63, 3.8) is 0 Å². The number of rotatable bonds is 4. The van der Waals surface area contributed by atoms with Crippen molar-refractivity contribution in [2.45, 2.75) is 6.92 Å². The molecule has 0 aliphatic carbocycles. The van der Waals surface area contributed by atoms with Crippen LogP contribution in [-0.4, -0.2) is 18.5 Å². The van der Waals surface area contributed by atoms with Gasteiger partial charge in [-0.25, -0.2) is 9.59 Å². The molecular weight excluding hydrogens is 279 g/mol. The van der Waals surface area contributed by atoms with Gasteiger partial charge in [-0.15, -0.1) is 0 Å². The molecule has 0 heterocycles. The molecule has 0 spiro atoms. The van der Waals surface area contributed by atoms with E-state index in [-0.39, 0.29) is 17.4 Å². The van der Waals surface area contributed by atoms with Gasteiger partial charge in [-0.3, -0.25) is 0 Å². The average Bonchev–Trinajstić information content (AvgIpc) is 2.32. The summed E-state index contributed by atoms with van der Waals surface area (Å²) in [5.74, 6) is -1.23. The molecule has 0 unspecified atom stereocenters. The molecule has 0 fully saturated rings. The predicted molar refractivity (Wildman–Crippen MR) is 67.9 cm³/mol. The van der Waals surface area contributed by atoms with Gasteiger partial charge in [0, 0.05) is 23.2 Å². The van der Waals surface area contributed by atoms with Crippen LogP contribution in [0.1, 0.15) is 6.92 Å². The summed E-state index contributed by atoms with van der Waals surface area (Å²) >= 11 is 11.5. The number of esters is 2. The molecule has 6 heteroatoms. The highest BCUT2D eigenvalue weighted by Crippen LogP contribution is 2.27. The number of hydrogen-bond acceptors (Lipinski definition) is 4. The monoisotopic (exact) mass is 288 g/mol. The minimum Gasteiger partial charge on any atom is -0.463 e. The molecule has 96 valence electrons. The van der Waals surface area contributed by atoms with Crippen molar-refractivity contribution in [2.24, 2.45) is 0 Å². The van der Waals surface area contributed by atoms with Crippen LogP contribution in [0.3, 0.4) is 0 Å². The lowest BCUT2D eigenvalue weighted by Gasteiger charge is -2.03. The Balaban J connectivity index is 2.65. The van der Waals surface area contributed by atoms with Crippen LogP contribution >= 0.6 is 23.2 Å². The quantitative estimate of drug-likeness (QED) is 0.485. The lowest BCUT2D eigenvalue weighted by molar-refractivity contribution is -0.138. The lowest BCUT2D eigenvalue weighted by atomic mass is 10.3. The molecule has 0 radical (unpaired) electrons.